The predicted octanol–water partition coefficient (Wildman–Crippen LogP) is 3.61. The van der Waals surface area contributed by atoms with Crippen LogP contribution >= 0.6 is 11.6 Å². The SMILES string of the molecule is CN(Cc1ccc(-c2ccc(Cl)cc2)o1)C(=O)COc1cccc(-n2cnnn2)c1. The van der Waals surface area contributed by atoms with Crippen molar-refractivity contribution in [2.24, 2.45) is 0 Å². The maximum Gasteiger partial charge on any atom is 0.260 e. The zero-order valence-electron chi connectivity index (χ0n) is 16.1. The number of aromatic nitrogens is 4. The Hall–Kier alpha value is -3.65. The van der Waals surface area contributed by atoms with Gasteiger partial charge < -0.3 is 14.1 Å². The summed E-state index contributed by atoms with van der Waals surface area (Å²) in [5, 5.41) is 11.7. The number of rotatable bonds is 7. The van der Waals surface area contributed by atoms with Crippen LogP contribution < -0.4 is 4.74 Å². The number of hydrogen-bond donors (Lipinski definition) is 0. The molecule has 0 unspecified atom stereocenters. The molecule has 0 atom stereocenters. The highest BCUT2D eigenvalue weighted by Gasteiger charge is 2.13. The van der Waals surface area contributed by atoms with E-state index in [9.17, 15) is 4.79 Å². The van der Waals surface area contributed by atoms with Crippen LogP contribution in [0.25, 0.3) is 17.0 Å². The Kier molecular flexibility index (Phi) is 5.76. The molecule has 2 aromatic carbocycles. The molecule has 0 fully saturated rings. The third-order valence-electron chi connectivity index (χ3n) is 4.40. The van der Waals surface area contributed by atoms with Crippen molar-refractivity contribution in [3.05, 3.63) is 77.8 Å². The summed E-state index contributed by atoms with van der Waals surface area (Å²) in [5.41, 5.74) is 1.66. The summed E-state index contributed by atoms with van der Waals surface area (Å²) in [6.07, 6.45) is 1.49. The number of benzene rings is 2. The first kappa shape index (κ1) is 19.7. The lowest BCUT2D eigenvalue weighted by Gasteiger charge is -2.16. The largest absolute Gasteiger partial charge is 0.484 e. The van der Waals surface area contributed by atoms with Crippen LogP contribution in [0.1, 0.15) is 5.76 Å². The summed E-state index contributed by atoms with van der Waals surface area (Å²) in [4.78, 5) is 14.0. The predicted molar refractivity (Wildman–Crippen MR) is 110 cm³/mol. The summed E-state index contributed by atoms with van der Waals surface area (Å²) in [7, 11) is 1.70. The van der Waals surface area contributed by atoms with Gasteiger partial charge in [-0.2, -0.15) is 0 Å². The molecule has 9 heteroatoms. The summed E-state index contributed by atoms with van der Waals surface area (Å²) in [6, 6.07) is 18.3. The molecule has 0 bridgehead atoms. The lowest BCUT2D eigenvalue weighted by Crippen LogP contribution is -2.30. The van der Waals surface area contributed by atoms with Gasteiger partial charge in [-0.15, -0.1) is 5.10 Å². The van der Waals surface area contributed by atoms with Gasteiger partial charge in [0.15, 0.2) is 6.61 Å². The van der Waals surface area contributed by atoms with Crippen LogP contribution in [-0.4, -0.2) is 44.7 Å². The summed E-state index contributed by atoms with van der Waals surface area (Å²) in [6.45, 7) is 0.237. The quantitative estimate of drug-likeness (QED) is 0.451. The number of carbonyl (C=O) groups excluding carboxylic acids is 1. The highest BCUT2D eigenvalue weighted by molar-refractivity contribution is 6.30. The first-order valence-corrected chi connectivity index (χ1v) is 9.51. The van der Waals surface area contributed by atoms with E-state index in [0.717, 1.165) is 17.0 Å². The van der Waals surface area contributed by atoms with Gasteiger partial charge in [-0.1, -0.05) is 17.7 Å². The average Bonchev–Trinajstić information content (AvgIpc) is 3.45. The lowest BCUT2D eigenvalue weighted by atomic mass is 10.2. The van der Waals surface area contributed by atoms with E-state index in [0.29, 0.717) is 23.1 Å². The van der Waals surface area contributed by atoms with E-state index in [4.69, 9.17) is 20.8 Å². The van der Waals surface area contributed by atoms with E-state index in [1.54, 1.807) is 36.2 Å². The lowest BCUT2D eigenvalue weighted by molar-refractivity contribution is -0.132. The Labute approximate surface area is 177 Å². The van der Waals surface area contributed by atoms with E-state index in [1.165, 1.54) is 11.0 Å². The molecule has 0 aliphatic heterocycles. The topological polar surface area (TPSA) is 86.3 Å². The van der Waals surface area contributed by atoms with Gasteiger partial charge in [0.05, 0.1) is 12.2 Å². The zero-order valence-corrected chi connectivity index (χ0v) is 16.9. The number of nitrogens with zero attached hydrogens (tertiary/aromatic N) is 5. The van der Waals surface area contributed by atoms with Crippen molar-refractivity contribution >= 4 is 17.5 Å². The third kappa shape index (κ3) is 4.66. The molecule has 0 radical (unpaired) electrons. The van der Waals surface area contributed by atoms with Gasteiger partial charge in [0.2, 0.25) is 0 Å². The maximum absolute atomic E-state index is 12.5. The summed E-state index contributed by atoms with van der Waals surface area (Å²) < 4.78 is 13.0. The molecular weight excluding hydrogens is 406 g/mol. The highest BCUT2D eigenvalue weighted by atomic mass is 35.5. The zero-order chi connectivity index (χ0) is 20.9. The van der Waals surface area contributed by atoms with Gasteiger partial charge in [-0.3, -0.25) is 4.79 Å². The first-order valence-electron chi connectivity index (χ1n) is 9.13. The second kappa shape index (κ2) is 8.79. The van der Waals surface area contributed by atoms with Gasteiger partial charge in [-0.05, 0) is 59.0 Å². The normalized spacial score (nSPS) is 10.7. The van der Waals surface area contributed by atoms with Crippen LogP contribution in [0.15, 0.2) is 71.4 Å². The van der Waals surface area contributed by atoms with Crippen molar-refractivity contribution in [3.8, 4) is 22.8 Å². The number of ether oxygens (including phenoxy) is 1. The van der Waals surface area contributed by atoms with Crippen molar-refractivity contribution in [2.45, 2.75) is 6.54 Å². The van der Waals surface area contributed by atoms with Crippen LogP contribution in [0, 0.1) is 0 Å². The molecule has 8 nitrogen and oxygen atoms in total. The van der Waals surface area contributed by atoms with Crippen molar-refractivity contribution in [1.29, 1.82) is 0 Å². The summed E-state index contributed by atoms with van der Waals surface area (Å²) in [5.74, 6) is 1.77. The first-order chi connectivity index (χ1) is 14.6. The molecule has 4 rings (SSSR count). The van der Waals surface area contributed by atoms with Crippen LogP contribution in [0.4, 0.5) is 0 Å². The maximum atomic E-state index is 12.5. The number of amides is 1. The van der Waals surface area contributed by atoms with E-state index in [1.807, 2.05) is 36.4 Å². The molecule has 0 saturated carbocycles. The molecule has 0 saturated heterocycles. The van der Waals surface area contributed by atoms with Gasteiger partial charge >= 0.3 is 0 Å². The molecule has 2 aromatic heterocycles. The van der Waals surface area contributed by atoms with Gasteiger partial charge in [0.1, 0.15) is 23.6 Å². The Morgan fingerprint density at radius 3 is 2.77 bits per heavy atom. The molecule has 4 aromatic rings. The number of hydrogen-bond acceptors (Lipinski definition) is 6. The van der Waals surface area contributed by atoms with Crippen molar-refractivity contribution < 1.29 is 13.9 Å². The van der Waals surface area contributed by atoms with Crippen molar-refractivity contribution in [1.82, 2.24) is 25.1 Å². The minimum Gasteiger partial charge on any atom is -0.484 e. The molecule has 30 heavy (non-hydrogen) atoms. The van der Waals surface area contributed by atoms with E-state index in [2.05, 4.69) is 15.5 Å². The van der Waals surface area contributed by atoms with Gasteiger partial charge in [-0.25, -0.2) is 4.68 Å². The fourth-order valence-corrected chi connectivity index (χ4v) is 2.93. The minimum atomic E-state index is -0.174. The van der Waals surface area contributed by atoms with Crippen LogP contribution in [0.2, 0.25) is 5.02 Å². The average molecular weight is 424 g/mol. The molecule has 0 spiro atoms. The molecular formula is C21H18ClN5O3. The van der Waals surface area contributed by atoms with E-state index >= 15 is 0 Å². The number of carbonyl (C=O) groups is 1. The third-order valence-corrected chi connectivity index (χ3v) is 4.65. The van der Waals surface area contributed by atoms with Crippen molar-refractivity contribution in [2.75, 3.05) is 13.7 Å². The van der Waals surface area contributed by atoms with Crippen LogP contribution in [0.5, 0.6) is 5.75 Å². The van der Waals surface area contributed by atoms with Gasteiger partial charge in [0, 0.05) is 23.7 Å². The number of halogens is 1. The number of furan rings is 1. The standard InChI is InChI=1S/C21H18ClN5O3/c1-26(12-19-9-10-20(30-19)15-5-7-16(22)8-6-15)21(28)13-29-18-4-2-3-17(11-18)27-14-23-24-25-27/h2-11,14H,12-13H2,1H3. The molecule has 0 aliphatic carbocycles. The molecule has 1 amide bonds. The minimum absolute atomic E-state index is 0.0969. The Morgan fingerprint density at radius 1 is 1.17 bits per heavy atom. The smallest absolute Gasteiger partial charge is 0.260 e. The number of likely N-dealkylation sites (N-methyl/N-ethyl adjacent to an activating group) is 1. The molecule has 0 aliphatic rings. The number of tetrazole rings is 1. The molecule has 2 heterocycles. The van der Waals surface area contributed by atoms with Crippen LogP contribution in [0.3, 0.4) is 0 Å². The molecule has 0 N–H and O–H groups in total. The van der Waals surface area contributed by atoms with Gasteiger partial charge in [0.25, 0.3) is 5.91 Å². The second-order valence-electron chi connectivity index (χ2n) is 6.56. The Bertz CT molecular complexity index is 1130. The van der Waals surface area contributed by atoms with E-state index in [-0.39, 0.29) is 12.5 Å². The monoisotopic (exact) mass is 423 g/mol. The Morgan fingerprint density at radius 2 is 2.00 bits per heavy atom. The fourth-order valence-electron chi connectivity index (χ4n) is 2.80. The second-order valence-corrected chi connectivity index (χ2v) is 7.00. The molecule has 152 valence electrons. The fraction of sp³-hybridized carbons (Fsp3) is 0.143. The Balaban J connectivity index is 1.33. The van der Waals surface area contributed by atoms with Crippen molar-refractivity contribution in [3.63, 3.8) is 0 Å². The highest BCUT2D eigenvalue weighted by Crippen LogP contribution is 2.24. The van der Waals surface area contributed by atoms with E-state index < -0.39 is 0 Å². The van der Waals surface area contributed by atoms with Crippen LogP contribution in [-0.2, 0) is 11.3 Å². The summed E-state index contributed by atoms with van der Waals surface area (Å²) >= 11 is 5.92.